The molecule has 25 heavy (non-hydrogen) atoms. The zero-order chi connectivity index (χ0) is 17.9. The van der Waals surface area contributed by atoms with Gasteiger partial charge in [-0.2, -0.15) is 0 Å². The second-order valence-corrected chi connectivity index (χ2v) is 7.18. The van der Waals surface area contributed by atoms with Gasteiger partial charge in [0.05, 0.1) is 10.5 Å². The molecule has 0 aromatic heterocycles. The van der Waals surface area contributed by atoms with E-state index in [4.69, 9.17) is 0 Å². The third-order valence-electron chi connectivity index (χ3n) is 3.67. The lowest BCUT2D eigenvalue weighted by Crippen LogP contribution is -2.29. The molecule has 8 heteroatoms. The lowest BCUT2D eigenvalue weighted by molar-refractivity contribution is 0.102. The number of aliphatic imine (C=N–C) groups is 1. The van der Waals surface area contributed by atoms with Crippen molar-refractivity contribution in [3.8, 4) is 0 Å². The van der Waals surface area contributed by atoms with E-state index in [0.29, 0.717) is 24.5 Å². The van der Waals surface area contributed by atoms with Crippen molar-refractivity contribution in [1.82, 2.24) is 4.72 Å². The minimum absolute atomic E-state index is 0.0611. The van der Waals surface area contributed by atoms with Crippen molar-refractivity contribution in [3.63, 3.8) is 0 Å². The fraction of sp³-hybridized carbons (Fsp3) is 0.176. The molecule has 0 aliphatic carbocycles. The summed E-state index contributed by atoms with van der Waals surface area (Å²) < 4.78 is 40.6. The van der Waals surface area contributed by atoms with Crippen LogP contribution in [0.5, 0.6) is 0 Å². The molecule has 1 amide bonds. The molecule has 0 bridgehead atoms. The largest absolute Gasteiger partial charge is 0.322 e. The van der Waals surface area contributed by atoms with Crippen LogP contribution in [0.15, 0.2) is 58.4 Å². The average Bonchev–Trinajstić information content (AvgIpc) is 3.08. The summed E-state index contributed by atoms with van der Waals surface area (Å²) in [6, 6.07) is 11.3. The van der Waals surface area contributed by atoms with Crippen LogP contribution in [0.1, 0.15) is 23.2 Å². The third-order valence-corrected chi connectivity index (χ3v) is 5.06. The predicted octanol–water partition coefficient (Wildman–Crippen LogP) is 2.55. The quantitative estimate of drug-likeness (QED) is 0.877. The van der Waals surface area contributed by atoms with Crippen molar-refractivity contribution in [2.45, 2.75) is 17.7 Å². The van der Waals surface area contributed by atoms with Crippen molar-refractivity contribution in [2.75, 3.05) is 11.9 Å². The van der Waals surface area contributed by atoms with Crippen molar-refractivity contribution in [2.24, 2.45) is 4.99 Å². The lowest BCUT2D eigenvalue weighted by atomic mass is 10.2. The highest BCUT2D eigenvalue weighted by Crippen LogP contribution is 2.16. The molecule has 0 atom stereocenters. The number of hydrogen-bond acceptors (Lipinski definition) is 4. The Morgan fingerprint density at radius 2 is 1.80 bits per heavy atom. The number of amidine groups is 1. The fourth-order valence-corrected chi connectivity index (χ4v) is 3.49. The molecule has 130 valence electrons. The molecule has 3 rings (SSSR count). The molecule has 1 heterocycles. The Bertz CT molecular complexity index is 924. The standard InChI is InChI=1S/C17H16FN3O3S/c18-15-5-2-1-4-14(15)17(22)20-12-7-9-13(10-8-12)25(23,24)21-16-6-3-11-19-16/h1-2,4-5,7-10H,3,6,11H2,(H,19,21)(H,20,22). The van der Waals surface area contributed by atoms with Gasteiger partial charge in [0.1, 0.15) is 11.7 Å². The maximum Gasteiger partial charge on any atom is 0.262 e. The first-order chi connectivity index (χ1) is 12.0. The summed E-state index contributed by atoms with van der Waals surface area (Å²) in [5, 5.41) is 2.53. The molecule has 0 fully saturated rings. The first-order valence-corrected chi connectivity index (χ1v) is 9.16. The number of carbonyl (C=O) groups excluding carboxylic acids is 1. The highest BCUT2D eigenvalue weighted by atomic mass is 32.2. The fourth-order valence-electron chi connectivity index (χ4n) is 2.40. The summed E-state index contributed by atoms with van der Waals surface area (Å²) in [7, 11) is -3.70. The number of sulfonamides is 1. The van der Waals surface area contributed by atoms with Gasteiger partial charge in [-0.1, -0.05) is 12.1 Å². The number of nitrogens with one attached hydrogen (secondary N) is 2. The topological polar surface area (TPSA) is 87.6 Å². The van der Waals surface area contributed by atoms with Crippen LogP contribution < -0.4 is 10.0 Å². The Balaban J connectivity index is 1.72. The van der Waals surface area contributed by atoms with Crippen molar-refractivity contribution < 1.29 is 17.6 Å². The normalized spacial score (nSPS) is 14.0. The molecular formula is C17H16FN3O3S. The van der Waals surface area contributed by atoms with Gasteiger partial charge in [0.2, 0.25) is 0 Å². The molecule has 0 saturated heterocycles. The first-order valence-electron chi connectivity index (χ1n) is 7.68. The van der Waals surface area contributed by atoms with E-state index in [-0.39, 0.29) is 10.5 Å². The van der Waals surface area contributed by atoms with E-state index in [1.54, 1.807) is 6.07 Å². The summed E-state index contributed by atoms with van der Waals surface area (Å²) in [4.78, 5) is 16.2. The number of halogens is 1. The van der Waals surface area contributed by atoms with E-state index in [9.17, 15) is 17.6 Å². The Hall–Kier alpha value is -2.74. The number of rotatable bonds is 4. The van der Waals surface area contributed by atoms with Gasteiger partial charge in [-0.15, -0.1) is 0 Å². The van der Waals surface area contributed by atoms with Gasteiger partial charge in [0, 0.05) is 18.7 Å². The van der Waals surface area contributed by atoms with Gasteiger partial charge in [-0.3, -0.25) is 14.5 Å². The number of nitrogens with zero attached hydrogens (tertiary/aromatic N) is 1. The van der Waals surface area contributed by atoms with Crippen molar-refractivity contribution in [1.29, 1.82) is 0 Å². The zero-order valence-corrected chi connectivity index (χ0v) is 14.0. The lowest BCUT2D eigenvalue weighted by Gasteiger charge is -2.09. The maximum absolute atomic E-state index is 13.6. The molecule has 0 spiro atoms. The molecule has 0 saturated carbocycles. The molecule has 6 nitrogen and oxygen atoms in total. The minimum Gasteiger partial charge on any atom is -0.322 e. The van der Waals surface area contributed by atoms with Crippen LogP contribution in [-0.2, 0) is 10.0 Å². The summed E-state index contributed by atoms with van der Waals surface area (Å²) in [6.45, 7) is 0.624. The van der Waals surface area contributed by atoms with Gasteiger partial charge >= 0.3 is 0 Å². The van der Waals surface area contributed by atoms with E-state index >= 15 is 0 Å². The summed E-state index contributed by atoms with van der Waals surface area (Å²) in [5.74, 6) is -0.773. The molecule has 0 radical (unpaired) electrons. The molecule has 1 aliphatic heterocycles. The van der Waals surface area contributed by atoms with Crippen LogP contribution in [0.2, 0.25) is 0 Å². The highest BCUT2D eigenvalue weighted by Gasteiger charge is 2.18. The van der Waals surface area contributed by atoms with Gasteiger partial charge in [-0.05, 0) is 42.8 Å². The van der Waals surface area contributed by atoms with Crippen LogP contribution in [0.25, 0.3) is 0 Å². The summed E-state index contributed by atoms with van der Waals surface area (Å²) >= 11 is 0. The van der Waals surface area contributed by atoms with Crippen molar-refractivity contribution in [3.05, 3.63) is 59.9 Å². The summed E-state index contributed by atoms with van der Waals surface area (Å²) in [5.41, 5.74) is 0.283. The Kier molecular flexibility index (Phi) is 4.80. The van der Waals surface area contributed by atoms with E-state index in [0.717, 1.165) is 6.42 Å². The number of amides is 1. The SMILES string of the molecule is O=C(Nc1ccc(S(=O)(=O)NC2=NCCC2)cc1)c1ccccc1F. The van der Waals surface area contributed by atoms with Gasteiger partial charge in [0.25, 0.3) is 15.9 Å². The maximum atomic E-state index is 13.6. The Morgan fingerprint density at radius 3 is 2.44 bits per heavy atom. The van der Waals surface area contributed by atoms with Gasteiger partial charge in [-0.25, -0.2) is 12.8 Å². The predicted molar refractivity (Wildman–Crippen MR) is 92.7 cm³/mol. The molecular weight excluding hydrogens is 345 g/mol. The molecule has 2 N–H and O–H groups in total. The number of hydrogen-bond donors (Lipinski definition) is 2. The van der Waals surface area contributed by atoms with Gasteiger partial charge in [0.15, 0.2) is 0 Å². The molecule has 2 aromatic carbocycles. The Labute approximate surface area is 144 Å². The van der Waals surface area contributed by atoms with E-state index in [1.165, 1.54) is 42.5 Å². The van der Waals surface area contributed by atoms with Crippen LogP contribution >= 0.6 is 0 Å². The molecule has 2 aromatic rings. The van der Waals surface area contributed by atoms with E-state index in [2.05, 4.69) is 15.0 Å². The van der Waals surface area contributed by atoms with Crippen LogP contribution in [-0.4, -0.2) is 26.7 Å². The van der Waals surface area contributed by atoms with Crippen LogP contribution in [0.4, 0.5) is 10.1 Å². The monoisotopic (exact) mass is 361 g/mol. The Morgan fingerprint density at radius 1 is 1.08 bits per heavy atom. The number of carbonyl (C=O) groups is 1. The minimum atomic E-state index is -3.70. The highest BCUT2D eigenvalue weighted by molar-refractivity contribution is 7.90. The molecule has 0 unspecified atom stereocenters. The van der Waals surface area contributed by atoms with Crippen LogP contribution in [0.3, 0.4) is 0 Å². The van der Waals surface area contributed by atoms with Gasteiger partial charge < -0.3 is 5.32 Å². The first kappa shape index (κ1) is 17.1. The van der Waals surface area contributed by atoms with E-state index < -0.39 is 21.7 Å². The number of anilines is 1. The zero-order valence-electron chi connectivity index (χ0n) is 13.2. The number of benzene rings is 2. The van der Waals surface area contributed by atoms with Crippen molar-refractivity contribution >= 4 is 27.5 Å². The third kappa shape index (κ3) is 4.03. The van der Waals surface area contributed by atoms with Crippen LogP contribution in [0, 0.1) is 5.82 Å². The second kappa shape index (κ2) is 7.02. The average molecular weight is 361 g/mol. The smallest absolute Gasteiger partial charge is 0.262 e. The molecule has 1 aliphatic rings. The second-order valence-electron chi connectivity index (χ2n) is 5.50. The van der Waals surface area contributed by atoms with E-state index in [1.807, 2.05) is 0 Å². The summed E-state index contributed by atoms with van der Waals surface area (Å²) in [6.07, 6.45) is 1.44.